The number of hydrogen-bond donors (Lipinski definition) is 0. The summed E-state index contributed by atoms with van der Waals surface area (Å²) < 4.78 is 35.8. The Morgan fingerprint density at radius 2 is 1.88 bits per heavy atom. The molecule has 0 aliphatic rings. The summed E-state index contributed by atoms with van der Waals surface area (Å²) in [4.78, 5) is 0. The van der Waals surface area contributed by atoms with Crippen molar-refractivity contribution in [2.45, 2.75) is 0 Å². The quantitative estimate of drug-likeness (QED) is 0.470. The SMILES string of the molecule is COc1ccc(/C=C/CS(=O)(=O)[O-])cc1.[Na+]. The molecule has 0 bridgehead atoms. The molecule has 0 atom stereocenters. The first kappa shape index (κ1) is 15.7. The van der Waals surface area contributed by atoms with E-state index in [2.05, 4.69) is 0 Å². The number of ether oxygens (including phenoxy) is 1. The summed E-state index contributed by atoms with van der Waals surface area (Å²) in [5, 5.41) is 0. The fraction of sp³-hybridized carbons (Fsp3) is 0.200. The summed E-state index contributed by atoms with van der Waals surface area (Å²) >= 11 is 0. The van der Waals surface area contributed by atoms with E-state index < -0.39 is 15.9 Å². The second kappa shape index (κ2) is 7.09. The van der Waals surface area contributed by atoms with Crippen LogP contribution in [0.15, 0.2) is 30.3 Å². The summed E-state index contributed by atoms with van der Waals surface area (Å²) in [7, 11) is -2.60. The second-order valence-electron chi connectivity index (χ2n) is 2.90. The van der Waals surface area contributed by atoms with Crippen LogP contribution < -0.4 is 34.3 Å². The van der Waals surface area contributed by atoms with Crippen LogP contribution in [0.1, 0.15) is 5.56 Å². The Kier molecular flexibility index (Phi) is 6.94. The van der Waals surface area contributed by atoms with E-state index in [4.69, 9.17) is 4.74 Å². The van der Waals surface area contributed by atoms with Crippen molar-refractivity contribution < 1.29 is 47.3 Å². The molecule has 0 aliphatic carbocycles. The zero-order chi connectivity index (χ0) is 11.3. The van der Waals surface area contributed by atoms with Crippen LogP contribution in [0.2, 0.25) is 0 Å². The molecule has 0 heterocycles. The molecule has 0 aliphatic heterocycles. The van der Waals surface area contributed by atoms with Crippen molar-refractivity contribution in [1.82, 2.24) is 0 Å². The van der Waals surface area contributed by atoms with E-state index in [1.165, 1.54) is 6.08 Å². The van der Waals surface area contributed by atoms with Crippen molar-refractivity contribution in [2.24, 2.45) is 0 Å². The van der Waals surface area contributed by atoms with Gasteiger partial charge in [-0.1, -0.05) is 24.3 Å². The maximum atomic E-state index is 10.3. The van der Waals surface area contributed by atoms with Gasteiger partial charge in [-0.2, -0.15) is 0 Å². The van der Waals surface area contributed by atoms with E-state index >= 15 is 0 Å². The molecular weight excluding hydrogens is 239 g/mol. The third kappa shape index (κ3) is 6.30. The van der Waals surface area contributed by atoms with Crippen LogP contribution in [0.3, 0.4) is 0 Å². The minimum absolute atomic E-state index is 0. The summed E-state index contributed by atoms with van der Waals surface area (Å²) in [5.74, 6) is 0.238. The molecule has 16 heavy (non-hydrogen) atoms. The van der Waals surface area contributed by atoms with Gasteiger partial charge in [0, 0.05) is 0 Å². The molecule has 1 rings (SSSR count). The molecule has 0 amide bonds. The fourth-order valence-corrected chi connectivity index (χ4v) is 1.35. The summed E-state index contributed by atoms with van der Waals surface area (Å²) in [6, 6.07) is 7.05. The Morgan fingerprint density at radius 1 is 1.31 bits per heavy atom. The van der Waals surface area contributed by atoms with Gasteiger partial charge in [0.2, 0.25) is 0 Å². The van der Waals surface area contributed by atoms with E-state index in [1.807, 2.05) is 0 Å². The maximum Gasteiger partial charge on any atom is 1.00 e. The van der Waals surface area contributed by atoms with Gasteiger partial charge in [-0.15, -0.1) is 0 Å². The molecule has 0 spiro atoms. The van der Waals surface area contributed by atoms with E-state index in [0.29, 0.717) is 0 Å². The van der Waals surface area contributed by atoms with Crippen molar-refractivity contribution in [3.05, 3.63) is 35.9 Å². The molecule has 6 heteroatoms. The van der Waals surface area contributed by atoms with Crippen LogP contribution in [0, 0.1) is 0 Å². The normalized spacial score (nSPS) is 11.1. The molecule has 4 nitrogen and oxygen atoms in total. The first-order chi connectivity index (χ1) is 7.01. The molecule has 0 saturated carbocycles. The smallest absolute Gasteiger partial charge is 0.748 e. The molecule has 0 unspecified atom stereocenters. The van der Waals surface area contributed by atoms with Gasteiger partial charge in [-0.25, -0.2) is 8.42 Å². The largest absolute Gasteiger partial charge is 1.00 e. The Balaban J connectivity index is 0.00000225. The average Bonchev–Trinajstić information content (AvgIpc) is 2.17. The molecule has 82 valence electrons. The third-order valence-electron chi connectivity index (χ3n) is 1.73. The van der Waals surface area contributed by atoms with Gasteiger partial charge in [-0.3, -0.25) is 0 Å². The van der Waals surface area contributed by atoms with Crippen LogP contribution in [0.4, 0.5) is 0 Å². The third-order valence-corrected chi connectivity index (χ3v) is 2.33. The predicted molar refractivity (Wildman–Crippen MR) is 56.6 cm³/mol. The Bertz CT molecular complexity index is 436. The van der Waals surface area contributed by atoms with Gasteiger partial charge >= 0.3 is 29.6 Å². The molecule has 1 aromatic rings. The Hall–Kier alpha value is -0.330. The Morgan fingerprint density at radius 3 is 2.31 bits per heavy atom. The standard InChI is InChI=1S/C10H12O4S.Na/c1-14-10-6-4-9(5-7-10)3-2-8-15(11,12)13;/h2-7H,8H2,1H3,(H,11,12,13);/q;+1/p-1/b3-2+;. The van der Waals surface area contributed by atoms with Crippen molar-refractivity contribution in [2.75, 3.05) is 12.9 Å². The molecule has 1 aromatic carbocycles. The van der Waals surface area contributed by atoms with Gasteiger partial charge in [0.15, 0.2) is 0 Å². The van der Waals surface area contributed by atoms with Crippen LogP contribution in [-0.2, 0) is 10.1 Å². The number of rotatable bonds is 4. The topological polar surface area (TPSA) is 66.4 Å². The fourth-order valence-electron chi connectivity index (χ4n) is 1.02. The van der Waals surface area contributed by atoms with Crippen molar-refractivity contribution in [3.8, 4) is 5.75 Å². The Labute approximate surface area is 117 Å². The van der Waals surface area contributed by atoms with Crippen LogP contribution >= 0.6 is 0 Å². The molecular formula is C10H11NaO4S. The summed E-state index contributed by atoms with van der Waals surface area (Å²) in [6.07, 6.45) is 2.90. The van der Waals surface area contributed by atoms with E-state index in [0.717, 1.165) is 11.3 Å². The van der Waals surface area contributed by atoms with Gasteiger partial charge in [0.05, 0.1) is 23.0 Å². The zero-order valence-corrected chi connectivity index (χ0v) is 12.0. The molecule has 0 saturated heterocycles. The minimum atomic E-state index is -4.17. The summed E-state index contributed by atoms with van der Waals surface area (Å²) in [6.45, 7) is 0. The molecule has 0 N–H and O–H groups in total. The maximum absolute atomic E-state index is 10.3. The molecule has 0 aromatic heterocycles. The van der Waals surface area contributed by atoms with E-state index in [9.17, 15) is 13.0 Å². The van der Waals surface area contributed by atoms with Crippen LogP contribution in [-0.4, -0.2) is 25.8 Å². The minimum Gasteiger partial charge on any atom is -0.748 e. The molecule has 0 radical (unpaired) electrons. The summed E-state index contributed by atoms with van der Waals surface area (Å²) in [5.41, 5.74) is 0.819. The average molecular weight is 250 g/mol. The second-order valence-corrected chi connectivity index (χ2v) is 4.35. The van der Waals surface area contributed by atoms with Crippen LogP contribution in [0.25, 0.3) is 6.08 Å². The van der Waals surface area contributed by atoms with Crippen molar-refractivity contribution >= 4 is 16.2 Å². The van der Waals surface area contributed by atoms with Gasteiger partial charge < -0.3 is 9.29 Å². The van der Waals surface area contributed by atoms with E-state index in [1.54, 1.807) is 37.5 Å². The monoisotopic (exact) mass is 250 g/mol. The van der Waals surface area contributed by atoms with Crippen molar-refractivity contribution in [1.29, 1.82) is 0 Å². The first-order valence-corrected chi connectivity index (χ1v) is 5.83. The van der Waals surface area contributed by atoms with Crippen molar-refractivity contribution in [3.63, 3.8) is 0 Å². The molecule has 0 fully saturated rings. The first-order valence-electron chi connectivity index (χ1n) is 4.25. The van der Waals surface area contributed by atoms with Gasteiger partial charge in [-0.05, 0) is 17.7 Å². The van der Waals surface area contributed by atoms with Crippen LogP contribution in [0.5, 0.6) is 5.75 Å². The number of methoxy groups -OCH3 is 1. The number of hydrogen-bond acceptors (Lipinski definition) is 4. The van der Waals surface area contributed by atoms with E-state index in [-0.39, 0.29) is 29.6 Å². The van der Waals surface area contributed by atoms with Gasteiger partial charge in [0.25, 0.3) is 0 Å². The number of benzene rings is 1. The zero-order valence-electron chi connectivity index (χ0n) is 9.21. The van der Waals surface area contributed by atoms with Gasteiger partial charge in [0.1, 0.15) is 5.75 Å². The predicted octanol–water partition coefficient (Wildman–Crippen LogP) is -1.74.